The van der Waals surface area contributed by atoms with Gasteiger partial charge in [0, 0.05) is 4.48 Å². The maximum Gasteiger partial charge on any atom is 0.0798 e. The second kappa shape index (κ2) is 5.55. The van der Waals surface area contributed by atoms with Crippen molar-refractivity contribution in [3.63, 3.8) is 0 Å². The van der Waals surface area contributed by atoms with Crippen LogP contribution in [0.25, 0.3) is 15.3 Å². The van der Waals surface area contributed by atoms with E-state index in [0.717, 1.165) is 22.9 Å². The summed E-state index contributed by atoms with van der Waals surface area (Å²) < 4.78 is 1.05. The fourth-order valence-corrected chi connectivity index (χ4v) is 3.80. The summed E-state index contributed by atoms with van der Waals surface area (Å²) in [5.41, 5.74) is 3.69. The van der Waals surface area contributed by atoms with Gasteiger partial charge in [-0.1, -0.05) is 58.4 Å². The third-order valence-electron chi connectivity index (χ3n) is 4.00. The van der Waals surface area contributed by atoms with Gasteiger partial charge in [-0.3, -0.25) is 0 Å². The summed E-state index contributed by atoms with van der Waals surface area (Å²) in [4.78, 5) is 0. The van der Waals surface area contributed by atoms with Gasteiger partial charge in [-0.2, -0.15) is 0 Å². The van der Waals surface area contributed by atoms with Crippen LogP contribution < -0.4 is 0 Å². The molecule has 0 spiro atoms. The van der Waals surface area contributed by atoms with Crippen LogP contribution in [0.1, 0.15) is 24.0 Å². The molecule has 0 aliphatic heterocycles. The van der Waals surface area contributed by atoms with Crippen LogP contribution in [-0.4, -0.2) is 11.2 Å². The molecule has 0 radical (unpaired) electrons. The average molecular weight is 329 g/mol. The van der Waals surface area contributed by atoms with Crippen molar-refractivity contribution in [2.24, 2.45) is 0 Å². The molecule has 3 rings (SSSR count). The quantitative estimate of drug-likeness (QED) is 0.800. The van der Waals surface area contributed by atoms with Crippen molar-refractivity contribution in [3.8, 4) is 0 Å². The Morgan fingerprint density at radius 1 is 1.20 bits per heavy atom. The molecule has 2 aromatic carbocycles. The Morgan fingerprint density at radius 2 is 2.00 bits per heavy atom. The van der Waals surface area contributed by atoms with Crippen molar-refractivity contribution in [2.45, 2.75) is 25.4 Å². The van der Waals surface area contributed by atoms with Gasteiger partial charge in [-0.25, -0.2) is 0 Å². The molecule has 0 amide bonds. The number of benzene rings is 2. The molecule has 0 bridgehead atoms. The molecule has 1 nitrogen and oxygen atoms in total. The minimum Gasteiger partial charge on any atom is -0.388 e. The van der Waals surface area contributed by atoms with E-state index < -0.39 is 6.10 Å². The van der Waals surface area contributed by atoms with Crippen LogP contribution in [-0.2, 0) is 6.42 Å². The Bertz CT molecular complexity index is 700. The predicted molar refractivity (Wildman–Crippen MR) is 88.9 cm³/mol. The summed E-state index contributed by atoms with van der Waals surface area (Å²) >= 11 is 3.70. The summed E-state index contributed by atoms with van der Waals surface area (Å²) in [5, 5.41) is 12.8. The number of aryl methyl sites for hydroxylation is 1. The molecule has 1 atom stereocenters. The molecule has 0 heterocycles. The largest absolute Gasteiger partial charge is 0.388 e. The van der Waals surface area contributed by atoms with E-state index in [4.69, 9.17) is 0 Å². The molecule has 1 N–H and O–H groups in total. The number of hydrogen-bond donors (Lipinski definition) is 1. The van der Waals surface area contributed by atoms with E-state index in [1.54, 1.807) is 6.08 Å². The summed E-state index contributed by atoms with van der Waals surface area (Å²) in [6.45, 7) is 3.71. The van der Waals surface area contributed by atoms with E-state index in [0.29, 0.717) is 6.42 Å². The summed E-state index contributed by atoms with van der Waals surface area (Å²) in [5.74, 6) is 0. The number of fused-ring (bicyclic) bond motifs is 3. The Morgan fingerprint density at radius 3 is 2.80 bits per heavy atom. The molecule has 0 saturated carbocycles. The molecule has 1 aliphatic carbocycles. The fraction of sp³-hybridized carbons (Fsp3) is 0.222. The van der Waals surface area contributed by atoms with Crippen molar-refractivity contribution >= 4 is 31.2 Å². The number of rotatable bonds is 3. The molecule has 2 aromatic rings. The molecule has 0 fully saturated rings. The molecule has 0 aromatic heterocycles. The van der Waals surface area contributed by atoms with E-state index in [2.05, 4.69) is 58.9 Å². The highest BCUT2D eigenvalue weighted by Crippen LogP contribution is 2.40. The lowest BCUT2D eigenvalue weighted by atomic mass is 9.86. The minimum absolute atomic E-state index is 0.429. The summed E-state index contributed by atoms with van der Waals surface area (Å²) in [6, 6.07) is 12.8. The highest BCUT2D eigenvalue weighted by Gasteiger charge is 2.22. The molecule has 102 valence electrons. The van der Waals surface area contributed by atoms with Gasteiger partial charge in [0.1, 0.15) is 0 Å². The molecular formula is C18H17BrO. The first kappa shape index (κ1) is 13.6. The van der Waals surface area contributed by atoms with Crippen LogP contribution in [0, 0.1) is 0 Å². The van der Waals surface area contributed by atoms with E-state index >= 15 is 0 Å². The van der Waals surface area contributed by atoms with E-state index in [9.17, 15) is 5.11 Å². The third-order valence-corrected chi connectivity index (χ3v) is 4.93. The number of aliphatic hydroxyl groups is 1. The molecule has 1 unspecified atom stereocenters. The van der Waals surface area contributed by atoms with Gasteiger partial charge in [0.15, 0.2) is 0 Å². The van der Waals surface area contributed by atoms with Gasteiger partial charge >= 0.3 is 0 Å². The second-order valence-corrected chi connectivity index (χ2v) is 5.99. The summed E-state index contributed by atoms with van der Waals surface area (Å²) in [6.07, 6.45) is 3.83. The predicted octanol–water partition coefficient (Wildman–Crippen LogP) is 4.83. The van der Waals surface area contributed by atoms with Crippen LogP contribution >= 0.6 is 15.9 Å². The van der Waals surface area contributed by atoms with E-state index in [1.165, 1.54) is 21.9 Å². The van der Waals surface area contributed by atoms with Crippen molar-refractivity contribution in [1.29, 1.82) is 0 Å². The normalized spacial score (nSPS) is 16.1. The monoisotopic (exact) mass is 328 g/mol. The van der Waals surface area contributed by atoms with Crippen molar-refractivity contribution in [2.75, 3.05) is 0 Å². The minimum atomic E-state index is -0.429. The Kier molecular flexibility index (Phi) is 3.77. The molecular weight excluding hydrogens is 312 g/mol. The van der Waals surface area contributed by atoms with Gasteiger partial charge in [0.2, 0.25) is 0 Å². The zero-order valence-electron chi connectivity index (χ0n) is 11.3. The Hall–Kier alpha value is -1.38. The van der Waals surface area contributed by atoms with Crippen molar-refractivity contribution in [1.82, 2.24) is 0 Å². The Labute approximate surface area is 127 Å². The van der Waals surface area contributed by atoms with Gasteiger partial charge in [-0.05, 0) is 46.7 Å². The first-order chi connectivity index (χ1) is 9.72. The average Bonchev–Trinajstić information content (AvgIpc) is 2.47. The lowest BCUT2D eigenvalue weighted by Gasteiger charge is -2.24. The SMILES string of the molecule is C=CCC(O)C1=C(Br)c2ccc3ccccc3c2CC1. The van der Waals surface area contributed by atoms with Gasteiger partial charge in [-0.15, -0.1) is 6.58 Å². The van der Waals surface area contributed by atoms with Gasteiger partial charge < -0.3 is 5.11 Å². The lowest BCUT2D eigenvalue weighted by Crippen LogP contribution is -2.15. The fourth-order valence-electron chi connectivity index (χ4n) is 2.97. The topological polar surface area (TPSA) is 20.2 Å². The van der Waals surface area contributed by atoms with Gasteiger partial charge in [0.05, 0.1) is 6.10 Å². The van der Waals surface area contributed by atoms with E-state index in [-0.39, 0.29) is 0 Å². The lowest BCUT2D eigenvalue weighted by molar-refractivity contribution is 0.211. The summed E-state index contributed by atoms with van der Waals surface area (Å²) in [7, 11) is 0. The maximum absolute atomic E-state index is 10.2. The van der Waals surface area contributed by atoms with Crippen LogP contribution in [0.4, 0.5) is 0 Å². The molecule has 2 heteroatoms. The van der Waals surface area contributed by atoms with Crippen molar-refractivity contribution in [3.05, 3.63) is 65.8 Å². The molecule has 0 saturated heterocycles. The second-order valence-electron chi connectivity index (χ2n) is 5.19. The number of aliphatic hydroxyl groups excluding tert-OH is 1. The zero-order valence-corrected chi connectivity index (χ0v) is 12.9. The maximum atomic E-state index is 10.2. The van der Waals surface area contributed by atoms with Gasteiger partial charge in [0.25, 0.3) is 0 Å². The third kappa shape index (κ3) is 2.23. The van der Waals surface area contributed by atoms with Crippen LogP contribution in [0.2, 0.25) is 0 Å². The first-order valence-electron chi connectivity index (χ1n) is 6.91. The van der Waals surface area contributed by atoms with Crippen LogP contribution in [0.15, 0.2) is 54.6 Å². The number of halogens is 1. The smallest absolute Gasteiger partial charge is 0.0798 e. The highest BCUT2D eigenvalue weighted by molar-refractivity contribution is 9.15. The zero-order chi connectivity index (χ0) is 14.1. The highest BCUT2D eigenvalue weighted by atomic mass is 79.9. The Balaban J connectivity index is 2.15. The van der Waals surface area contributed by atoms with Crippen LogP contribution in [0.5, 0.6) is 0 Å². The van der Waals surface area contributed by atoms with Crippen molar-refractivity contribution < 1.29 is 5.11 Å². The molecule has 1 aliphatic rings. The standard InChI is InChI=1S/C18H17BrO/c1-2-5-17(20)16-11-10-14-13-7-4-3-6-12(13)8-9-15(14)18(16)19/h2-4,6-9,17,20H,1,5,10-11H2. The van der Waals surface area contributed by atoms with Crippen LogP contribution in [0.3, 0.4) is 0 Å². The first-order valence-corrected chi connectivity index (χ1v) is 7.70. The molecule has 20 heavy (non-hydrogen) atoms. The van der Waals surface area contributed by atoms with E-state index in [1.807, 2.05) is 0 Å². The number of hydrogen-bond acceptors (Lipinski definition) is 1.